The number of piperidine rings is 1. The van der Waals surface area contributed by atoms with Crippen molar-refractivity contribution in [2.24, 2.45) is 5.92 Å². The lowest BCUT2D eigenvalue weighted by Gasteiger charge is -2.35. The Bertz CT molecular complexity index is 881. The van der Waals surface area contributed by atoms with E-state index in [1.54, 1.807) is 4.90 Å². The van der Waals surface area contributed by atoms with Gasteiger partial charge >= 0.3 is 0 Å². The molecule has 3 rings (SSSR count). The van der Waals surface area contributed by atoms with Crippen molar-refractivity contribution in [3.05, 3.63) is 46.7 Å². The van der Waals surface area contributed by atoms with Gasteiger partial charge in [-0.2, -0.15) is 0 Å². The van der Waals surface area contributed by atoms with Gasteiger partial charge in [-0.3, -0.25) is 9.59 Å². The number of allylic oxidation sites excluding steroid dienone is 2. The molecule has 4 nitrogen and oxygen atoms in total. The molecule has 0 bridgehead atoms. The van der Waals surface area contributed by atoms with E-state index >= 15 is 0 Å². The average Bonchev–Trinajstić information content (AvgIpc) is 2.67. The smallest absolute Gasteiger partial charge is 0.266 e. The second-order valence-electron chi connectivity index (χ2n) is 7.88. The molecule has 0 aliphatic carbocycles. The summed E-state index contributed by atoms with van der Waals surface area (Å²) in [5, 5.41) is 0. The highest BCUT2D eigenvalue weighted by Gasteiger charge is 2.43. The predicted octanol–water partition coefficient (Wildman–Crippen LogP) is 5.39. The van der Waals surface area contributed by atoms with Gasteiger partial charge in [-0.15, -0.1) is 0 Å². The number of hydrogen-bond acceptors (Lipinski definition) is 4. The SMILES string of the molecule is CCCCC1C(=O)C(=C2C=C(C)c3ccc(C)cc3O2)C(=O)N(CCCC)C1=S. The topological polar surface area (TPSA) is 46.6 Å². The van der Waals surface area contributed by atoms with E-state index in [1.165, 1.54) is 0 Å². The van der Waals surface area contributed by atoms with Crippen LogP contribution in [0.1, 0.15) is 64.0 Å². The van der Waals surface area contributed by atoms with Crippen LogP contribution in [0.4, 0.5) is 0 Å². The molecule has 0 radical (unpaired) electrons. The highest BCUT2D eigenvalue weighted by Crippen LogP contribution is 2.37. The van der Waals surface area contributed by atoms with Crippen LogP contribution in [0.25, 0.3) is 5.57 Å². The average molecular weight is 412 g/mol. The van der Waals surface area contributed by atoms with Gasteiger partial charge in [0, 0.05) is 12.1 Å². The van der Waals surface area contributed by atoms with E-state index in [4.69, 9.17) is 17.0 Å². The van der Waals surface area contributed by atoms with Crippen LogP contribution >= 0.6 is 12.2 Å². The van der Waals surface area contributed by atoms with Crippen molar-refractivity contribution in [1.29, 1.82) is 0 Å². The first-order chi connectivity index (χ1) is 13.9. The van der Waals surface area contributed by atoms with Crippen LogP contribution in [0.3, 0.4) is 0 Å². The summed E-state index contributed by atoms with van der Waals surface area (Å²) in [6, 6.07) is 5.98. The highest BCUT2D eigenvalue weighted by molar-refractivity contribution is 7.80. The largest absolute Gasteiger partial charge is 0.456 e. The lowest BCUT2D eigenvalue weighted by Crippen LogP contribution is -2.51. The fraction of sp³-hybridized carbons (Fsp3) is 0.458. The summed E-state index contributed by atoms with van der Waals surface area (Å²) >= 11 is 5.59. The van der Waals surface area contributed by atoms with Gasteiger partial charge in [0.15, 0.2) is 5.78 Å². The molecule has 1 atom stereocenters. The number of unbranched alkanes of at least 4 members (excludes halogenated alkanes) is 2. The number of aryl methyl sites for hydroxylation is 1. The molecule has 0 N–H and O–H groups in total. The molecule has 1 fully saturated rings. The fourth-order valence-electron chi connectivity index (χ4n) is 3.82. The highest BCUT2D eigenvalue weighted by atomic mass is 32.1. The number of nitrogens with zero attached hydrogens (tertiary/aromatic N) is 1. The maximum Gasteiger partial charge on any atom is 0.266 e. The minimum atomic E-state index is -0.432. The summed E-state index contributed by atoms with van der Waals surface area (Å²) in [5.41, 5.74) is 3.17. The van der Waals surface area contributed by atoms with Crippen LogP contribution in [0, 0.1) is 12.8 Å². The molecule has 1 amide bonds. The normalized spacial score (nSPS) is 21.8. The Hall–Kier alpha value is -2.27. The van der Waals surface area contributed by atoms with Crippen LogP contribution in [-0.4, -0.2) is 28.1 Å². The van der Waals surface area contributed by atoms with Crippen molar-refractivity contribution in [2.75, 3.05) is 6.54 Å². The molecule has 2 aliphatic heterocycles. The first kappa shape index (κ1) is 21.4. The minimum absolute atomic E-state index is 0.141. The van der Waals surface area contributed by atoms with Gasteiger partial charge in [0.2, 0.25) is 0 Å². The van der Waals surface area contributed by atoms with Crippen molar-refractivity contribution >= 4 is 34.5 Å². The number of fused-ring (bicyclic) bond motifs is 1. The summed E-state index contributed by atoms with van der Waals surface area (Å²) in [5.74, 6) is 0.0819. The molecule has 0 spiro atoms. The standard InChI is InChI=1S/C24H29NO3S/c1-5-7-9-18-22(26)21(23(27)25(24(18)29)12-8-6-2)20-14-16(4)17-11-10-15(3)13-19(17)28-20/h10-11,13-14,18H,5-9,12H2,1-4H3. The molecule has 2 heterocycles. The lowest BCUT2D eigenvalue weighted by molar-refractivity contribution is -0.130. The van der Waals surface area contributed by atoms with Gasteiger partial charge in [0.25, 0.3) is 5.91 Å². The Balaban J connectivity index is 2.07. The lowest BCUT2D eigenvalue weighted by atomic mass is 9.86. The minimum Gasteiger partial charge on any atom is -0.456 e. The zero-order valence-electron chi connectivity index (χ0n) is 17.7. The van der Waals surface area contributed by atoms with Crippen LogP contribution in [-0.2, 0) is 9.59 Å². The molecular formula is C24H29NO3S. The van der Waals surface area contributed by atoms with Gasteiger partial charge in [0.1, 0.15) is 17.1 Å². The maximum atomic E-state index is 13.4. The van der Waals surface area contributed by atoms with Crippen LogP contribution in [0.15, 0.2) is 35.6 Å². The second kappa shape index (κ2) is 9.04. The third-order valence-corrected chi connectivity index (χ3v) is 6.05. The Morgan fingerprint density at radius 3 is 2.52 bits per heavy atom. The summed E-state index contributed by atoms with van der Waals surface area (Å²) in [4.78, 5) is 28.8. The third kappa shape index (κ3) is 4.20. The van der Waals surface area contributed by atoms with Crippen molar-refractivity contribution in [2.45, 2.75) is 59.8 Å². The molecule has 29 heavy (non-hydrogen) atoms. The Kier molecular flexibility index (Phi) is 6.68. The first-order valence-electron chi connectivity index (χ1n) is 10.5. The number of amides is 1. The number of hydrogen-bond donors (Lipinski definition) is 0. The first-order valence-corrected chi connectivity index (χ1v) is 10.9. The van der Waals surface area contributed by atoms with E-state index in [0.29, 0.717) is 29.5 Å². The fourth-order valence-corrected chi connectivity index (χ4v) is 4.22. The third-order valence-electron chi connectivity index (χ3n) is 5.54. The number of carbonyl (C=O) groups is 2. The van der Waals surface area contributed by atoms with E-state index in [1.807, 2.05) is 38.1 Å². The van der Waals surface area contributed by atoms with Crippen LogP contribution < -0.4 is 4.74 Å². The molecule has 1 saturated heterocycles. The van der Waals surface area contributed by atoms with E-state index in [0.717, 1.165) is 42.4 Å². The summed E-state index contributed by atoms with van der Waals surface area (Å²) in [6.07, 6.45) is 6.15. The maximum absolute atomic E-state index is 13.4. The molecule has 5 heteroatoms. The zero-order valence-corrected chi connectivity index (χ0v) is 18.5. The summed E-state index contributed by atoms with van der Waals surface area (Å²) < 4.78 is 6.10. The summed E-state index contributed by atoms with van der Waals surface area (Å²) in [7, 11) is 0. The second-order valence-corrected chi connectivity index (χ2v) is 8.29. The van der Waals surface area contributed by atoms with E-state index in [9.17, 15) is 9.59 Å². The van der Waals surface area contributed by atoms with E-state index in [-0.39, 0.29) is 17.3 Å². The quantitative estimate of drug-likeness (QED) is 0.358. The molecule has 1 aromatic carbocycles. The molecule has 1 unspecified atom stereocenters. The van der Waals surface area contributed by atoms with Crippen LogP contribution in [0.5, 0.6) is 5.75 Å². The molecule has 1 aromatic rings. The van der Waals surface area contributed by atoms with Crippen LogP contribution in [0.2, 0.25) is 0 Å². The molecule has 154 valence electrons. The number of likely N-dealkylation sites (tertiary alicyclic amines) is 1. The van der Waals surface area contributed by atoms with Gasteiger partial charge in [-0.1, -0.05) is 57.5 Å². The van der Waals surface area contributed by atoms with Crippen molar-refractivity contribution in [3.8, 4) is 5.75 Å². The molecule has 0 aromatic heterocycles. The number of carbonyl (C=O) groups excluding carboxylic acids is 2. The predicted molar refractivity (Wildman–Crippen MR) is 120 cm³/mol. The molecular weight excluding hydrogens is 382 g/mol. The number of rotatable bonds is 6. The number of Topliss-reactive ketones (excluding diaryl/α,β-unsaturated/α-hetero) is 1. The van der Waals surface area contributed by atoms with Gasteiger partial charge in [-0.05, 0) is 50.0 Å². The van der Waals surface area contributed by atoms with Gasteiger partial charge in [-0.25, -0.2) is 0 Å². The monoisotopic (exact) mass is 411 g/mol. The van der Waals surface area contributed by atoms with Crippen molar-refractivity contribution in [1.82, 2.24) is 4.90 Å². The Labute approximate surface area is 178 Å². The van der Waals surface area contributed by atoms with Crippen molar-refractivity contribution in [3.63, 3.8) is 0 Å². The summed E-state index contributed by atoms with van der Waals surface area (Å²) in [6.45, 7) is 8.67. The molecule has 0 saturated carbocycles. The number of benzene rings is 1. The zero-order chi connectivity index (χ0) is 21.1. The number of ether oxygens (including phenoxy) is 1. The Morgan fingerprint density at radius 1 is 1.10 bits per heavy atom. The van der Waals surface area contributed by atoms with E-state index < -0.39 is 5.92 Å². The Morgan fingerprint density at radius 2 is 1.83 bits per heavy atom. The van der Waals surface area contributed by atoms with E-state index in [2.05, 4.69) is 13.8 Å². The van der Waals surface area contributed by atoms with Crippen molar-refractivity contribution < 1.29 is 14.3 Å². The van der Waals surface area contributed by atoms with Gasteiger partial charge in [0.05, 0.1) is 10.9 Å². The number of thiocarbonyl (C=S) groups is 1. The van der Waals surface area contributed by atoms with Gasteiger partial charge < -0.3 is 9.64 Å². The number of ketones is 1. The molecule has 2 aliphatic rings.